The van der Waals surface area contributed by atoms with Crippen molar-refractivity contribution in [3.63, 3.8) is 0 Å². The van der Waals surface area contributed by atoms with Crippen molar-refractivity contribution in [2.45, 2.75) is 43.6 Å². The van der Waals surface area contributed by atoms with Gasteiger partial charge in [0.25, 0.3) is 0 Å². The molecule has 170 valence electrons. The van der Waals surface area contributed by atoms with Gasteiger partial charge < -0.3 is 24.4 Å². The van der Waals surface area contributed by atoms with Crippen LogP contribution in [0.15, 0.2) is 30.3 Å². The van der Waals surface area contributed by atoms with Gasteiger partial charge in [0.05, 0.1) is 13.2 Å². The lowest BCUT2D eigenvalue weighted by Crippen LogP contribution is -2.58. The molecule has 2 aromatic heterocycles. The summed E-state index contributed by atoms with van der Waals surface area (Å²) in [4.78, 5) is 14.8. The van der Waals surface area contributed by atoms with Crippen molar-refractivity contribution in [1.82, 2.24) is 15.2 Å². The minimum atomic E-state index is -4.69. The number of hydrogen-bond acceptors (Lipinski definition) is 9. The second kappa shape index (κ2) is 9.47. The molecule has 0 unspecified atom stereocenters. The Bertz CT molecular complexity index is 1020. The summed E-state index contributed by atoms with van der Waals surface area (Å²) >= 11 is 0. The Kier molecular flexibility index (Phi) is 6.93. The summed E-state index contributed by atoms with van der Waals surface area (Å²) in [5.74, 6) is 4.18. The molecule has 0 aliphatic carbocycles. The lowest BCUT2D eigenvalue weighted by atomic mass is 9.95. The maximum absolute atomic E-state index is 12.9. The predicted molar refractivity (Wildman–Crippen MR) is 100 cm³/mol. The van der Waals surface area contributed by atoms with Crippen LogP contribution < -0.4 is 4.74 Å². The van der Waals surface area contributed by atoms with Gasteiger partial charge in [0, 0.05) is 6.07 Å². The number of halogens is 3. The van der Waals surface area contributed by atoms with Crippen LogP contribution in [0.1, 0.15) is 28.8 Å². The molecule has 1 saturated heterocycles. The number of aliphatic hydroxyl groups is 2. The van der Waals surface area contributed by atoms with E-state index in [-0.39, 0.29) is 11.4 Å². The summed E-state index contributed by atoms with van der Waals surface area (Å²) in [7, 11) is 1.19. The Morgan fingerprint density at radius 3 is 2.53 bits per heavy atom. The highest BCUT2D eigenvalue weighted by Gasteiger charge is 2.44. The van der Waals surface area contributed by atoms with Gasteiger partial charge in [0.2, 0.25) is 5.88 Å². The maximum atomic E-state index is 12.9. The third kappa shape index (κ3) is 5.31. The topological polar surface area (TPSA) is 124 Å². The van der Waals surface area contributed by atoms with Crippen molar-refractivity contribution in [1.29, 1.82) is 0 Å². The first-order valence-corrected chi connectivity index (χ1v) is 9.26. The van der Waals surface area contributed by atoms with Gasteiger partial charge in [-0.05, 0) is 31.0 Å². The fraction of sp³-hybridized carbons (Fsp3) is 0.400. The molecular formula is C20H18F3N3O6. The third-order valence-electron chi connectivity index (χ3n) is 4.50. The molecule has 12 heteroatoms. The SMILES string of the molecule is COC(=O)c1ccc(C#C[C@H]2O[C@H](C)[C@H](O)[C@H](O)[C@H]2Oc2cccc(C(F)(F)F)n2)nn1. The number of carbonyl (C=O) groups is 1. The number of carbonyl (C=O) groups excluding carboxylic acids is 1. The van der Waals surface area contributed by atoms with E-state index in [1.807, 2.05) is 0 Å². The Morgan fingerprint density at radius 1 is 1.16 bits per heavy atom. The average molecular weight is 453 g/mol. The van der Waals surface area contributed by atoms with E-state index in [0.717, 1.165) is 12.1 Å². The molecule has 1 aliphatic rings. The van der Waals surface area contributed by atoms with Crippen molar-refractivity contribution < 1.29 is 42.4 Å². The normalized spacial score (nSPS) is 25.4. The molecule has 3 rings (SSSR count). The smallest absolute Gasteiger partial charge is 0.433 e. The van der Waals surface area contributed by atoms with Crippen LogP contribution in [0.4, 0.5) is 13.2 Å². The van der Waals surface area contributed by atoms with Gasteiger partial charge in [-0.1, -0.05) is 12.0 Å². The molecule has 2 aromatic rings. The van der Waals surface area contributed by atoms with Crippen LogP contribution in [0.25, 0.3) is 0 Å². The van der Waals surface area contributed by atoms with Gasteiger partial charge in [-0.2, -0.15) is 13.2 Å². The number of rotatable bonds is 3. The van der Waals surface area contributed by atoms with E-state index in [1.54, 1.807) is 0 Å². The summed E-state index contributed by atoms with van der Waals surface area (Å²) in [6.07, 6.45) is -10.9. The number of pyridine rings is 1. The second-order valence-corrected chi connectivity index (χ2v) is 6.75. The summed E-state index contributed by atoms with van der Waals surface area (Å²) in [6, 6.07) is 5.78. The van der Waals surface area contributed by atoms with Crippen LogP contribution in [-0.2, 0) is 15.7 Å². The van der Waals surface area contributed by atoms with E-state index in [2.05, 4.69) is 31.8 Å². The minimum Gasteiger partial charge on any atom is -0.468 e. The van der Waals surface area contributed by atoms with E-state index in [1.165, 1.54) is 32.2 Å². The van der Waals surface area contributed by atoms with Crippen LogP contribution in [0.3, 0.4) is 0 Å². The molecule has 2 N–H and O–H groups in total. The van der Waals surface area contributed by atoms with Crippen molar-refractivity contribution in [3.05, 3.63) is 47.4 Å². The number of ether oxygens (including phenoxy) is 3. The Labute approximate surface area is 180 Å². The summed E-state index contributed by atoms with van der Waals surface area (Å²) in [6.45, 7) is 1.49. The molecule has 0 amide bonds. The first kappa shape index (κ1) is 23.4. The van der Waals surface area contributed by atoms with Crippen molar-refractivity contribution in [3.8, 4) is 17.7 Å². The molecular weight excluding hydrogens is 435 g/mol. The van der Waals surface area contributed by atoms with Crippen molar-refractivity contribution >= 4 is 5.97 Å². The first-order chi connectivity index (χ1) is 15.1. The number of aliphatic hydroxyl groups excluding tert-OH is 2. The van der Waals surface area contributed by atoms with Gasteiger partial charge in [-0.15, -0.1) is 10.2 Å². The molecule has 1 fully saturated rings. The zero-order chi connectivity index (χ0) is 23.5. The Hall–Kier alpha value is -3.27. The van der Waals surface area contributed by atoms with Gasteiger partial charge >= 0.3 is 12.1 Å². The van der Waals surface area contributed by atoms with Crippen molar-refractivity contribution in [2.75, 3.05) is 7.11 Å². The van der Waals surface area contributed by atoms with E-state index in [9.17, 15) is 28.2 Å². The van der Waals surface area contributed by atoms with Crippen LogP contribution in [0, 0.1) is 11.8 Å². The monoisotopic (exact) mass is 453 g/mol. The van der Waals surface area contributed by atoms with Gasteiger partial charge in [0.1, 0.15) is 23.6 Å². The summed E-state index contributed by atoms with van der Waals surface area (Å²) in [5.41, 5.74) is -1.07. The lowest BCUT2D eigenvalue weighted by molar-refractivity contribution is -0.195. The van der Waals surface area contributed by atoms with E-state index in [4.69, 9.17) is 9.47 Å². The Morgan fingerprint density at radius 2 is 1.91 bits per heavy atom. The molecule has 0 bridgehead atoms. The fourth-order valence-electron chi connectivity index (χ4n) is 2.82. The fourth-order valence-corrected chi connectivity index (χ4v) is 2.82. The zero-order valence-corrected chi connectivity index (χ0v) is 16.8. The lowest BCUT2D eigenvalue weighted by Gasteiger charge is -2.39. The number of alkyl halides is 3. The predicted octanol–water partition coefficient (Wildman–Crippen LogP) is 0.985. The highest BCUT2D eigenvalue weighted by molar-refractivity contribution is 5.86. The molecule has 0 aromatic carbocycles. The number of aromatic nitrogens is 3. The van der Waals surface area contributed by atoms with E-state index >= 15 is 0 Å². The first-order valence-electron chi connectivity index (χ1n) is 9.26. The zero-order valence-electron chi connectivity index (χ0n) is 16.8. The molecule has 0 saturated carbocycles. The molecule has 32 heavy (non-hydrogen) atoms. The molecule has 3 heterocycles. The van der Waals surface area contributed by atoms with Crippen molar-refractivity contribution in [2.24, 2.45) is 0 Å². The largest absolute Gasteiger partial charge is 0.468 e. The number of hydrogen-bond donors (Lipinski definition) is 2. The maximum Gasteiger partial charge on any atom is 0.433 e. The minimum absolute atomic E-state index is 0.0315. The molecule has 5 atom stereocenters. The van der Waals surface area contributed by atoms with Crippen LogP contribution in [0.2, 0.25) is 0 Å². The third-order valence-corrected chi connectivity index (χ3v) is 4.50. The van der Waals surface area contributed by atoms with Gasteiger partial charge in [-0.25, -0.2) is 9.78 Å². The number of esters is 1. The molecule has 0 spiro atoms. The number of nitrogens with zero attached hydrogens (tertiary/aromatic N) is 3. The molecule has 9 nitrogen and oxygen atoms in total. The van der Waals surface area contributed by atoms with Crippen LogP contribution >= 0.6 is 0 Å². The van der Waals surface area contributed by atoms with Gasteiger partial charge in [-0.3, -0.25) is 0 Å². The Balaban J connectivity index is 1.85. The van der Waals surface area contributed by atoms with Gasteiger partial charge in [0.15, 0.2) is 17.9 Å². The number of methoxy groups -OCH3 is 1. The standard InChI is InChI=1S/C20H18F3N3O6/c1-10-16(27)17(28)18(32-15-5-3-4-14(24-15)20(21,22)23)13(31-10)9-7-11-6-8-12(26-25-11)19(29)30-2/h3-6,8,10,13,16-18,27-28H,1-2H3/t10-,13-,16+,17+,18+/m1/s1. The second-order valence-electron chi connectivity index (χ2n) is 6.75. The van der Waals surface area contributed by atoms with E-state index in [0.29, 0.717) is 0 Å². The highest BCUT2D eigenvalue weighted by atomic mass is 19.4. The van der Waals surface area contributed by atoms with Crippen LogP contribution in [0.5, 0.6) is 5.88 Å². The quantitative estimate of drug-likeness (QED) is 0.517. The highest BCUT2D eigenvalue weighted by Crippen LogP contribution is 2.30. The molecule has 0 radical (unpaired) electrons. The van der Waals surface area contributed by atoms with E-state index < -0.39 is 54.2 Å². The summed E-state index contributed by atoms with van der Waals surface area (Å²) in [5, 5.41) is 28.0. The molecule has 1 aliphatic heterocycles. The summed E-state index contributed by atoms with van der Waals surface area (Å²) < 4.78 is 54.3. The average Bonchev–Trinajstić information content (AvgIpc) is 2.77. The van der Waals surface area contributed by atoms with Crippen LogP contribution in [-0.4, -0.2) is 69.0 Å².